The minimum atomic E-state index is -3.59. The Balaban J connectivity index is 0.960. The van der Waals surface area contributed by atoms with Crippen molar-refractivity contribution in [1.82, 2.24) is 0 Å². The Hall–Kier alpha value is -11.7. The molecule has 0 aromatic heterocycles. The zero-order valence-corrected chi connectivity index (χ0v) is 60.2. The molecule has 11 aromatic carbocycles. The third kappa shape index (κ3) is 17.2. The van der Waals surface area contributed by atoms with Gasteiger partial charge in [-0.3, -0.25) is 0 Å². The molecule has 17 nitrogen and oxygen atoms in total. The normalized spacial score (nSPS) is 19.9. The second-order valence-electron chi connectivity index (χ2n) is 26.8. The van der Waals surface area contributed by atoms with Crippen LogP contribution in [0, 0.1) is 0 Å². The summed E-state index contributed by atoms with van der Waals surface area (Å²) in [5, 5.41) is 1.12. The van der Waals surface area contributed by atoms with Gasteiger partial charge in [-0.25, -0.2) is 28.8 Å². The van der Waals surface area contributed by atoms with Gasteiger partial charge in [0.05, 0.1) is 46.6 Å². The van der Waals surface area contributed by atoms with Gasteiger partial charge in [-0.1, -0.05) is 263 Å². The summed E-state index contributed by atoms with van der Waals surface area (Å²) in [7, 11) is -2.31. The highest BCUT2D eigenvalue weighted by molar-refractivity contribution is 6.99. The maximum absolute atomic E-state index is 15.5. The number of rotatable bonds is 24. The maximum Gasteiger partial charge on any atom is 0.338 e. The lowest BCUT2D eigenvalue weighted by Gasteiger charge is -2.48. The van der Waals surface area contributed by atoms with E-state index in [9.17, 15) is 14.4 Å². The highest BCUT2D eigenvalue weighted by Gasteiger charge is 2.58. The number of esters is 6. The minimum absolute atomic E-state index is 0.0554. The molecule has 2 saturated heterocycles. The molecular weight excluding hydrogens is 1370 g/mol. The van der Waals surface area contributed by atoms with Gasteiger partial charge in [-0.2, -0.15) is 0 Å². The van der Waals surface area contributed by atoms with E-state index in [4.69, 9.17) is 51.8 Å². The Kier molecular flexibility index (Phi) is 23.4. The fourth-order valence-corrected chi connectivity index (χ4v) is 18.0. The molecule has 2 fully saturated rings. The Bertz CT molecular complexity index is 4730. The monoisotopic (exact) mass is 1450 g/mol. The van der Waals surface area contributed by atoms with Crippen LogP contribution in [-0.2, 0) is 51.8 Å². The standard InChI is InChI=1S/C89H78O17Si/c1-89(2,3)107(71-41-25-11-26-42-71,72-43-27-12-28-44-72)98-58-74-76(102-84(93)68-51-45-62(46-52-68)59-29-13-5-14-30-59)78(104-85(94)69-53-47-63(48-54-69)60-31-15-6-16-32-60)80(106-86(95)70-55-49-64(50-56-70)61-33-17-7-18-34-61)88(100-74)97-57-73-75(101-81(90)65-35-19-8-20-36-65)77(103-82(91)66-37-21-9-22-38-66)79(87(96-4)99-73)105-83(92)67-39-23-10-24-40-67/h5-56,73-80,87-88H,57-58H2,1-4H3/t73-,74-,75+,76+,77+,78+,79-,80-,87-,88-/m1/s1. The lowest BCUT2D eigenvalue weighted by atomic mass is 9.96. The van der Waals surface area contributed by atoms with Crippen LogP contribution in [0.2, 0.25) is 5.04 Å². The van der Waals surface area contributed by atoms with E-state index < -0.39 is 124 Å². The number of hydrogen-bond acceptors (Lipinski definition) is 17. The lowest BCUT2D eigenvalue weighted by molar-refractivity contribution is -0.325. The molecule has 0 unspecified atom stereocenters. The van der Waals surface area contributed by atoms with Gasteiger partial charge in [-0.15, -0.1) is 0 Å². The summed E-state index contributed by atoms with van der Waals surface area (Å²) in [6.45, 7) is 5.17. The maximum atomic E-state index is 15.5. The molecule has 2 aliphatic rings. The Labute approximate surface area is 621 Å². The van der Waals surface area contributed by atoms with Crippen molar-refractivity contribution in [2.75, 3.05) is 20.3 Å². The third-order valence-electron chi connectivity index (χ3n) is 18.9. The zero-order chi connectivity index (χ0) is 74.3. The first-order valence-corrected chi connectivity index (χ1v) is 37.1. The molecule has 107 heavy (non-hydrogen) atoms. The molecule has 0 N–H and O–H groups in total. The van der Waals surface area contributed by atoms with E-state index in [0.717, 1.165) is 43.8 Å². The number of carbonyl (C=O) groups is 6. The largest absolute Gasteiger partial charge is 0.452 e. The van der Waals surface area contributed by atoms with Crippen LogP contribution < -0.4 is 10.4 Å². The van der Waals surface area contributed by atoms with Gasteiger partial charge >= 0.3 is 35.8 Å². The SMILES string of the molecule is CO[C@@H]1O[C@H](CO[C@@H]2O[C@H](CO[Si](c3ccccc3)(c3ccccc3)C(C)(C)C)[C@H](OC(=O)c3ccc(-c4ccccc4)cc3)[C@H](OC(=O)c3ccc(-c4ccccc4)cc3)[C@H]2OC(=O)c2ccc(-c3ccccc3)cc2)[C@H](OC(=O)c2ccccc2)[C@H](OC(=O)c2ccccc2)[C@H]1OC(=O)c1ccccc1. The number of ether oxygens (including phenoxy) is 10. The van der Waals surface area contributed by atoms with Gasteiger partial charge in [-0.05, 0) is 122 Å². The van der Waals surface area contributed by atoms with Crippen LogP contribution in [0.3, 0.4) is 0 Å². The van der Waals surface area contributed by atoms with Crippen LogP contribution in [-0.4, -0.2) is 126 Å². The smallest absolute Gasteiger partial charge is 0.338 e. The summed E-state index contributed by atoms with van der Waals surface area (Å²) in [6.07, 6.45) is -17.0. The van der Waals surface area contributed by atoms with Gasteiger partial charge in [0, 0.05) is 7.11 Å². The molecule has 10 atom stereocenters. The molecule has 2 heterocycles. The fourth-order valence-electron chi connectivity index (χ4n) is 13.5. The summed E-state index contributed by atoms with van der Waals surface area (Å²) in [5.41, 5.74) is 5.59. The molecule has 18 heteroatoms. The van der Waals surface area contributed by atoms with Crippen LogP contribution >= 0.6 is 0 Å². The average Bonchev–Trinajstić information content (AvgIpc) is 0.740. The van der Waals surface area contributed by atoms with Crippen LogP contribution in [0.1, 0.15) is 82.9 Å². The molecule has 0 bridgehead atoms. The predicted octanol–water partition coefficient (Wildman–Crippen LogP) is 15.0. The summed E-state index contributed by atoms with van der Waals surface area (Å²) >= 11 is 0. The summed E-state index contributed by atoms with van der Waals surface area (Å²) < 4.78 is 74.2. The molecule has 0 saturated carbocycles. The molecule has 0 amide bonds. The highest BCUT2D eigenvalue weighted by Crippen LogP contribution is 2.40. The van der Waals surface area contributed by atoms with E-state index in [-0.39, 0.29) is 33.4 Å². The quantitative estimate of drug-likeness (QED) is 0.0313. The number of benzene rings is 11. The molecule has 13 rings (SSSR count). The van der Waals surface area contributed by atoms with Crippen molar-refractivity contribution in [2.45, 2.75) is 87.2 Å². The minimum Gasteiger partial charge on any atom is -0.452 e. The van der Waals surface area contributed by atoms with Gasteiger partial charge in [0.1, 0.15) is 12.2 Å². The van der Waals surface area contributed by atoms with Crippen molar-refractivity contribution < 1.29 is 80.6 Å². The molecule has 2 aliphatic heterocycles. The van der Waals surface area contributed by atoms with Gasteiger partial charge in [0.2, 0.25) is 0 Å². The zero-order valence-electron chi connectivity index (χ0n) is 59.2. The van der Waals surface area contributed by atoms with Gasteiger partial charge < -0.3 is 51.8 Å². The third-order valence-corrected chi connectivity index (χ3v) is 23.9. The van der Waals surface area contributed by atoms with Crippen molar-refractivity contribution in [3.8, 4) is 33.4 Å². The highest BCUT2D eigenvalue weighted by atomic mass is 28.4. The Morgan fingerprint density at radius 1 is 0.290 bits per heavy atom. The van der Waals surface area contributed by atoms with Crippen LogP contribution in [0.15, 0.2) is 315 Å². The second-order valence-corrected chi connectivity index (χ2v) is 31.1. The summed E-state index contributed by atoms with van der Waals surface area (Å²) in [4.78, 5) is 90.0. The van der Waals surface area contributed by atoms with E-state index in [1.165, 1.54) is 43.5 Å². The molecule has 0 aliphatic carbocycles. The fraction of sp³-hybridized carbons (Fsp3) is 0.191. The van der Waals surface area contributed by atoms with E-state index in [2.05, 4.69) is 20.8 Å². The van der Waals surface area contributed by atoms with E-state index in [0.29, 0.717) is 0 Å². The Morgan fingerprint density at radius 2 is 0.533 bits per heavy atom. The first kappa shape index (κ1) is 73.6. The van der Waals surface area contributed by atoms with E-state index in [1.807, 2.05) is 152 Å². The average molecular weight is 1450 g/mol. The second kappa shape index (κ2) is 34.0. The van der Waals surface area contributed by atoms with Crippen LogP contribution in [0.5, 0.6) is 0 Å². The van der Waals surface area contributed by atoms with Crippen molar-refractivity contribution in [3.63, 3.8) is 0 Å². The van der Waals surface area contributed by atoms with E-state index >= 15 is 14.4 Å². The Morgan fingerprint density at radius 3 is 0.841 bits per heavy atom. The molecule has 11 aromatic rings. The molecule has 0 spiro atoms. The van der Waals surface area contributed by atoms with Crippen molar-refractivity contribution >= 4 is 54.5 Å². The van der Waals surface area contributed by atoms with Crippen molar-refractivity contribution in [3.05, 3.63) is 349 Å². The summed E-state index contributed by atoms with van der Waals surface area (Å²) in [6, 6.07) is 92.8. The summed E-state index contributed by atoms with van der Waals surface area (Å²) in [5.74, 6) is -5.40. The molecular formula is C89H78O17Si. The van der Waals surface area contributed by atoms with Crippen LogP contribution in [0.4, 0.5) is 0 Å². The van der Waals surface area contributed by atoms with Crippen molar-refractivity contribution in [1.29, 1.82) is 0 Å². The number of carbonyl (C=O) groups excluding carboxylic acids is 6. The lowest BCUT2D eigenvalue weighted by Crippen LogP contribution is -2.69. The van der Waals surface area contributed by atoms with Gasteiger partial charge in [0.25, 0.3) is 8.32 Å². The molecule has 0 radical (unpaired) electrons. The van der Waals surface area contributed by atoms with Gasteiger partial charge in [0.15, 0.2) is 49.2 Å². The predicted molar refractivity (Wildman–Crippen MR) is 404 cm³/mol. The molecule has 540 valence electrons. The van der Waals surface area contributed by atoms with Crippen LogP contribution in [0.25, 0.3) is 33.4 Å². The first-order chi connectivity index (χ1) is 52.1. The number of methoxy groups -OCH3 is 1. The van der Waals surface area contributed by atoms with Crippen molar-refractivity contribution in [2.24, 2.45) is 0 Å². The number of hydrogen-bond donors (Lipinski definition) is 0. The topological polar surface area (TPSA) is 204 Å². The van der Waals surface area contributed by atoms with E-state index in [1.54, 1.807) is 127 Å². The first-order valence-electron chi connectivity index (χ1n) is 35.2.